The van der Waals surface area contributed by atoms with E-state index in [1.54, 1.807) is 0 Å². The van der Waals surface area contributed by atoms with E-state index in [0.29, 0.717) is 18.3 Å². The molecule has 0 unspecified atom stereocenters. The van der Waals surface area contributed by atoms with E-state index in [4.69, 9.17) is 4.74 Å². The lowest BCUT2D eigenvalue weighted by molar-refractivity contribution is -0.118. The SMILES string of the molecule is Cc1cccc(OCCNC(=O)CSc2nnc(-c3ccccc3C)n2C)c1. The molecule has 1 heterocycles. The number of hydrogen-bond donors (Lipinski definition) is 1. The number of benzene rings is 2. The zero-order valence-electron chi connectivity index (χ0n) is 16.3. The Bertz CT molecular complexity index is 955. The lowest BCUT2D eigenvalue weighted by Gasteiger charge is -2.08. The van der Waals surface area contributed by atoms with Gasteiger partial charge < -0.3 is 14.6 Å². The summed E-state index contributed by atoms with van der Waals surface area (Å²) >= 11 is 1.37. The van der Waals surface area contributed by atoms with Crippen molar-refractivity contribution < 1.29 is 9.53 Å². The molecule has 0 aliphatic heterocycles. The summed E-state index contributed by atoms with van der Waals surface area (Å²) in [4.78, 5) is 12.1. The van der Waals surface area contributed by atoms with Crippen molar-refractivity contribution in [1.82, 2.24) is 20.1 Å². The zero-order valence-corrected chi connectivity index (χ0v) is 17.1. The molecular formula is C21H24N4O2S. The number of thioether (sulfide) groups is 1. The van der Waals surface area contributed by atoms with Crippen LogP contribution in [0.1, 0.15) is 11.1 Å². The summed E-state index contributed by atoms with van der Waals surface area (Å²) in [6.45, 7) is 4.95. The van der Waals surface area contributed by atoms with Gasteiger partial charge in [0, 0.05) is 12.6 Å². The van der Waals surface area contributed by atoms with Crippen LogP contribution < -0.4 is 10.1 Å². The first-order valence-electron chi connectivity index (χ1n) is 9.09. The van der Waals surface area contributed by atoms with E-state index in [9.17, 15) is 4.79 Å². The Morgan fingerprint density at radius 3 is 2.75 bits per heavy atom. The Balaban J connectivity index is 1.45. The molecule has 0 saturated carbocycles. The summed E-state index contributed by atoms with van der Waals surface area (Å²) in [5.74, 6) is 1.83. The first kappa shape index (κ1) is 19.9. The van der Waals surface area contributed by atoms with E-state index < -0.39 is 0 Å². The number of nitrogens with zero attached hydrogens (tertiary/aromatic N) is 3. The molecule has 0 aliphatic carbocycles. The summed E-state index contributed by atoms with van der Waals surface area (Å²) in [7, 11) is 1.91. The van der Waals surface area contributed by atoms with Crippen LogP contribution in [0, 0.1) is 13.8 Å². The van der Waals surface area contributed by atoms with Gasteiger partial charge in [0.25, 0.3) is 0 Å². The van der Waals surface area contributed by atoms with Gasteiger partial charge in [-0.3, -0.25) is 4.79 Å². The van der Waals surface area contributed by atoms with E-state index in [1.807, 2.05) is 74.0 Å². The van der Waals surface area contributed by atoms with Crippen LogP contribution in [0.25, 0.3) is 11.4 Å². The molecule has 0 atom stereocenters. The summed E-state index contributed by atoms with van der Waals surface area (Å²) < 4.78 is 7.55. The average molecular weight is 397 g/mol. The molecule has 0 fully saturated rings. The van der Waals surface area contributed by atoms with Crippen LogP contribution in [0.15, 0.2) is 53.7 Å². The Morgan fingerprint density at radius 2 is 1.96 bits per heavy atom. The third-order valence-electron chi connectivity index (χ3n) is 4.24. The van der Waals surface area contributed by atoms with Crippen LogP contribution >= 0.6 is 11.8 Å². The molecule has 1 aromatic heterocycles. The number of ether oxygens (including phenoxy) is 1. The number of aromatic nitrogens is 3. The van der Waals surface area contributed by atoms with Gasteiger partial charge in [0.2, 0.25) is 5.91 Å². The molecule has 0 radical (unpaired) electrons. The first-order chi connectivity index (χ1) is 13.5. The minimum absolute atomic E-state index is 0.0571. The van der Waals surface area contributed by atoms with Crippen LogP contribution in [0.4, 0.5) is 0 Å². The van der Waals surface area contributed by atoms with E-state index >= 15 is 0 Å². The lowest BCUT2D eigenvalue weighted by Crippen LogP contribution is -2.29. The number of rotatable bonds is 8. The van der Waals surface area contributed by atoms with E-state index in [2.05, 4.69) is 15.5 Å². The Hall–Kier alpha value is -2.80. The van der Waals surface area contributed by atoms with E-state index in [-0.39, 0.29) is 11.7 Å². The van der Waals surface area contributed by atoms with Crippen molar-refractivity contribution in [3.05, 3.63) is 59.7 Å². The Morgan fingerprint density at radius 1 is 1.14 bits per heavy atom. The van der Waals surface area contributed by atoms with Gasteiger partial charge in [-0.05, 0) is 37.1 Å². The molecule has 1 N–H and O–H groups in total. The second-order valence-electron chi connectivity index (χ2n) is 6.48. The zero-order chi connectivity index (χ0) is 19.9. The van der Waals surface area contributed by atoms with Gasteiger partial charge in [0.05, 0.1) is 12.3 Å². The third kappa shape index (κ3) is 5.13. The number of carbonyl (C=O) groups is 1. The van der Waals surface area contributed by atoms with Gasteiger partial charge in [-0.15, -0.1) is 10.2 Å². The van der Waals surface area contributed by atoms with Crippen LogP contribution in [0.5, 0.6) is 5.75 Å². The van der Waals surface area contributed by atoms with Crippen molar-refractivity contribution in [3.8, 4) is 17.1 Å². The van der Waals surface area contributed by atoms with Crippen molar-refractivity contribution in [2.24, 2.45) is 7.05 Å². The molecule has 7 heteroatoms. The lowest BCUT2D eigenvalue weighted by atomic mass is 10.1. The minimum Gasteiger partial charge on any atom is -0.492 e. The molecule has 0 bridgehead atoms. The third-order valence-corrected chi connectivity index (χ3v) is 5.26. The van der Waals surface area contributed by atoms with Crippen molar-refractivity contribution in [3.63, 3.8) is 0 Å². The number of amides is 1. The molecule has 3 aromatic rings. The fourth-order valence-electron chi connectivity index (χ4n) is 2.74. The van der Waals surface area contributed by atoms with Crippen LogP contribution in [-0.4, -0.2) is 39.6 Å². The van der Waals surface area contributed by atoms with Gasteiger partial charge in [-0.25, -0.2) is 0 Å². The van der Waals surface area contributed by atoms with Crippen LogP contribution in [0.3, 0.4) is 0 Å². The molecule has 3 rings (SSSR count). The molecule has 0 spiro atoms. The maximum atomic E-state index is 12.1. The molecular weight excluding hydrogens is 372 g/mol. The summed E-state index contributed by atoms with van der Waals surface area (Å²) in [5.41, 5.74) is 3.33. The largest absolute Gasteiger partial charge is 0.492 e. The van der Waals surface area contributed by atoms with E-state index in [1.165, 1.54) is 11.8 Å². The van der Waals surface area contributed by atoms with Crippen molar-refractivity contribution >= 4 is 17.7 Å². The Kier molecular flexibility index (Phi) is 6.71. The second kappa shape index (κ2) is 9.41. The maximum Gasteiger partial charge on any atom is 0.230 e. The van der Waals surface area contributed by atoms with Gasteiger partial charge in [0.1, 0.15) is 12.4 Å². The average Bonchev–Trinajstić information content (AvgIpc) is 3.04. The van der Waals surface area contributed by atoms with Gasteiger partial charge >= 0.3 is 0 Å². The highest BCUT2D eigenvalue weighted by Crippen LogP contribution is 2.24. The normalized spacial score (nSPS) is 10.7. The maximum absolute atomic E-state index is 12.1. The monoisotopic (exact) mass is 396 g/mol. The quantitative estimate of drug-likeness (QED) is 0.467. The summed E-state index contributed by atoms with van der Waals surface area (Å²) in [6.07, 6.45) is 0. The molecule has 6 nitrogen and oxygen atoms in total. The van der Waals surface area contributed by atoms with Gasteiger partial charge in [-0.1, -0.05) is 48.2 Å². The van der Waals surface area contributed by atoms with Crippen LogP contribution in [-0.2, 0) is 11.8 Å². The smallest absolute Gasteiger partial charge is 0.230 e. The molecule has 28 heavy (non-hydrogen) atoms. The van der Waals surface area contributed by atoms with Crippen molar-refractivity contribution in [2.45, 2.75) is 19.0 Å². The molecule has 0 aliphatic rings. The standard InChI is InChI=1S/C21H24N4O2S/c1-15-7-6-9-17(13-15)27-12-11-22-19(26)14-28-21-24-23-20(25(21)3)18-10-5-4-8-16(18)2/h4-10,13H,11-12,14H2,1-3H3,(H,22,26). The number of nitrogens with one attached hydrogen (secondary N) is 1. The highest BCUT2D eigenvalue weighted by atomic mass is 32.2. The highest BCUT2D eigenvalue weighted by molar-refractivity contribution is 7.99. The summed E-state index contributed by atoms with van der Waals surface area (Å²) in [5, 5.41) is 12.1. The van der Waals surface area contributed by atoms with Crippen molar-refractivity contribution in [2.75, 3.05) is 18.9 Å². The molecule has 146 valence electrons. The molecule has 2 aromatic carbocycles. The fraction of sp³-hybridized carbons (Fsp3) is 0.286. The van der Waals surface area contributed by atoms with Crippen LogP contribution in [0.2, 0.25) is 0 Å². The number of carbonyl (C=O) groups excluding carboxylic acids is 1. The summed E-state index contributed by atoms with van der Waals surface area (Å²) in [6, 6.07) is 15.9. The van der Waals surface area contributed by atoms with E-state index in [0.717, 1.165) is 28.3 Å². The minimum atomic E-state index is -0.0571. The van der Waals surface area contributed by atoms with Gasteiger partial charge in [0.15, 0.2) is 11.0 Å². The topological polar surface area (TPSA) is 69.0 Å². The van der Waals surface area contributed by atoms with Gasteiger partial charge in [-0.2, -0.15) is 0 Å². The first-order valence-corrected chi connectivity index (χ1v) is 10.1. The predicted molar refractivity (Wildman–Crippen MR) is 112 cm³/mol. The molecule has 0 saturated heterocycles. The Labute approximate surface area is 169 Å². The molecule has 1 amide bonds. The number of hydrogen-bond acceptors (Lipinski definition) is 5. The highest BCUT2D eigenvalue weighted by Gasteiger charge is 2.14. The van der Waals surface area contributed by atoms with Crippen molar-refractivity contribution in [1.29, 1.82) is 0 Å². The fourth-order valence-corrected chi connectivity index (χ4v) is 3.49. The number of aryl methyl sites for hydroxylation is 2. The second-order valence-corrected chi connectivity index (χ2v) is 7.43. The predicted octanol–water partition coefficient (Wildman–Crippen LogP) is 3.39.